The lowest BCUT2D eigenvalue weighted by atomic mass is 9.84. The van der Waals surface area contributed by atoms with Crippen LogP contribution in [0.5, 0.6) is 0 Å². The molecule has 0 radical (unpaired) electrons. The molecule has 2 aliphatic rings. The van der Waals surface area contributed by atoms with Gasteiger partial charge in [-0.25, -0.2) is 13.1 Å². The van der Waals surface area contributed by atoms with Gasteiger partial charge in [-0.1, -0.05) is 6.42 Å². The van der Waals surface area contributed by atoms with Gasteiger partial charge in [-0.3, -0.25) is 4.79 Å². The van der Waals surface area contributed by atoms with E-state index in [-0.39, 0.29) is 23.4 Å². The Morgan fingerprint density at radius 3 is 2.57 bits per heavy atom. The van der Waals surface area contributed by atoms with Gasteiger partial charge >= 0.3 is 0 Å². The molecule has 0 aliphatic heterocycles. The number of sulfonamides is 1. The van der Waals surface area contributed by atoms with E-state index < -0.39 is 10.0 Å². The summed E-state index contributed by atoms with van der Waals surface area (Å²) in [5, 5.41) is 3.11. The van der Waals surface area contributed by atoms with Gasteiger partial charge in [0.1, 0.15) is 5.76 Å². The molecule has 150 valence electrons. The summed E-state index contributed by atoms with van der Waals surface area (Å²) < 4.78 is 32.4. The first-order valence-corrected chi connectivity index (χ1v) is 11.3. The minimum Gasteiger partial charge on any atom is -0.468 e. The molecule has 1 heterocycles. The summed E-state index contributed by atoms with van der Waals surface area (Å²) in [5.41, 5.74) is 0.472. The predicted molar refractivity (Wildman–Crippen MR) is 105 cm³/mol. The molecular weight excluding hydrogens is 376 g/mol. The van der Waals surface area contributed by atoms with Crippen LogP contribution in [-0.4, -0.2) is 20.4 Å². The largest absolute Gasteiger partial charge is 0.468 e. The molecular formula is C21H26N2O4S. The van der Waals surface area contributed by atoms with E-state index in [0.717, 1.165) is 11.8 Å². The van der Waals surface area contributed by atoms with Crippen LogP contribution in [0.2, 0.25) is 0 Å². The summed E-state index contributed by atoms with van der Waals surface area (Å²) in [5.74, 6) is 2.53. The lowest BCUT2D eigenvalue weighted by Gasteiger charge is -2.28. The molecule has 0 spiro atoms. The Bertz CT molecular complexity index is 922. The number of benzene rings is 1. The maximum absolute atomic E-state index is 12.6. The van der Waals surface area contributed by atoms with Gasteiger partial charge < -0.3 is 9.73 Å². The number of rotatable bonds is 7. The molecule has 7 heteroatoms. The lowest BCUT2D eigenvalue weighted by molar-refractivity contribution is 0.0915. The highest BCUT2D eigenvalue weighted by Gasteiger charge is 2.42. The summed E-state index contributed by atoms with van der Waals surface area (Å²) in [6.45, 7) is 2.17. The van der Waals surface area contributed by atoms with E-state index in [0.29, 0.717) is 17.2 Å². The van der Waals surface area contributed by atoms with Crippen LogP contribution in [0.4, 0.5) is 0 Å². The SMILES string of the molecule is CC(NC(=O)c1ccc(S(=O)(=O)NCc2ccco2)cc1)C1CC2CCC1C2. The first kappa shape index (κ1) is 19.2. The molecule has 1 aromatic carbocycles. The van der Waals surface area contributed by atoms with Crippen LogP contribution in [0.15, 0.2) is 52.0 Å². The van der Waals surface area contributed by atoms with Crippen LogP contribution in [0.1, 0.15) is 48.7 Å². The normalized spacial score (nSPS) is 25.0. The van der Waals surface area contributed by atoms with E-state index in [2.05, 4.69) is 17.0 Å². The van der Waals surface area contributed by atoms with Crippen molar-refractivity contribution in [2.45, 2.75) is 50.1 Å². The quantitative estimate of drug-likeness (QED) is 0.744. The number of fused-ring (bicyclic) bond motifs is 2. The Morgan fingerprint density at radius 2 is 1.96 bits per heavy atom. The molecule has 1 amide bonds. The molecule has 6 nitrogen and oxygen atoms in total. The van der Waals surface area contributed by atoms with Crippen molar-refractivity contribution in [3.8, 4) is 0 Å². The van der Waals surface area contributed by atoms with Crippen LogP contribution in [0.3, 0.4) is 0 Å². The molecule has 2 aliphatic carbocycles. The third kappa shape index (κ3) is 4.00. The average molecular weight is 403 g/mol. The van der Waals surface area contributed by atoms with Gasteiger partial charge in [0.15, 0.2) is 0 Å². The topological polar surface area (TPSA) is 88.4 Å². The van der Waals surface area contributed by atoms with Crippen molar-refractivity contribution in [3.05, 3.63) is 54.0 Å². The minimum atomic E-state index is -3.66. The first-order valence-electron chi connectivity index (χ1n) is 9.85. The van der Waals surface area contributed by atoms with Crippen molar-refractivity contribution < 1.29 is 17.6 Å². The van der Waals surface area contributed by atoms with E-state index >= 15 is 0 Å². The van der Waals surface area contributed by atoms with E-state index in [4.69, 9.17) is 4.42 Å². The molecule has 0 saturated heterocycles. The van der Waals surface area contributed by atoms with Crippen molar-refractivity contribution in [2.24, 2.45) is 17.8 Å². The van der Waals surface area contributed by atoms with Gasteiger partial charge in [0.2, 0.25) is 10.0 Å². The second kappa shape index (κ2) is 7.72. The fourth-order valence-electron chi connectivity index (χ4n) is 4.75. The second-order valence-corrected chi connectivity index (χ2v) is 9.80. The van der Waals surface area contributed by atoms with Crippen LogP contribution in [-0.2, 0) is 16.6 Å². The third-order valence-corrected chi connectivity index (χ3v) is 7.65. The van der Waals surface area contributed by atoms with Crippen molar-refractivity contribution in [2.75, 3.05) is 0 Å². The summed E-state index contributed by atoms with van der Waals surface area (Å²) in [6.07, 6.45) is 6.64. The van der Waals surface area contributed by atoms with Gasteiger partial charge in [0.05, 0.1) is 17.7 Å². The number of hydrogen-bond donors (Lipinski definition) is 2. The molecule has 2 fully saturated rings. The predicted octanol–water partition coefficient (Wildman–Crippen LogP) is 3.31. The smallest absolute Gasteiger partial charge is 0.251 e. The zero-order valence-electron chi connectivity index (χ0n) is 15.9. The summed E-state index contributed by atoms with van der Waals surface area (Å²) >= 11 is 0. The standard InChI is InChI=1S/C21H26N2O4S/c1-14(20-12-15-4-5-17(20)11-15)23-21(24)16-6-8-19(9-7-16)28(25,26)22-13-18-3-2-10-27-18/h2-3,6-10,14-15,17,20,22H,4-5,11-13H2,1H3,(H,23,24). The highest BCUT2D eigenvalue weighted by atomic mass is 32.2. The first-order chi connectivity index (χ1) is 13.4. The van der Waals surface area contributed by atoms with Crippen LogP contribution < -0.4 is 10.0 Å². The molecule has 2 bridgehead atoms. The van der Waals surface area contributed by atoms with Crippen LogP contribution in [0.25, 0.3) is 0 Å². The zero-order chi connectivity index (χ0) is 19.7. The zero-order valence-corrected chi connectivity index (χ0v) is 16.7. The van der Waals surface area contributed by atoms with E-state index in [1.165, 1.54) is 44.1 Å². The number of amides is 1. The number of furan rings is 1. The number of hydrogen-bond acceptors (Lipinski definition) is 4. The fraction of sp³-hybridized carbons (Fsp3) is 0.476. The average Bonchev–Trinajstić information content (AvgIpc) is 3.44. The Balaban J connectivity index is 1.36. The highest BCUT2D eigenvalue weighted by Crippen LogP contribution is 2.49. The Hall–Kier alpha value is -2.12. The van der Waals surface area contributed by atoms with Crippen molar-refractivity contribution in [1.82, 2.24) is 10.0 Å². The van der Waals surface area contributed by atoms with E-state index in [9.17, 15) is 13.2 Å². The van der Waals surface area contributed by atoms with Gasteiger partial charge in [-0.2, -0.15) is 0 Å². The monoisotopic (exact) mass is 402 g/mol. The molecule has 4 rings (SSSR count). The molecule has 1 aromatic heterocycles. The second-order valence-electron chi connectivity index (χ2n) is 8.03. The maximum Gasteiger partial charge on any atom is 0.251 e. The van der Waals surface area contributed by atoms with Gasteiger partial charge in [0, 0.05) is 11.6 Å². The highest BCUT2D eigenvalue weighted by molar-refractivity contribution is 7.89. The van der Waals surface area contributed by atoms with Crippen LogP contribution >= 0.6 is 0 Å². The Labute approximate surface area is 165 Å². The maximum atomic E-state index is 12.6. The molecule has 28 heavy (non-hydrogen) atoms. The van der Waals surface area contributed by atoms with Crippen molar-refractivity contribution in [3.63, 3.8) is 0 Å². The van der Waals surface area contributed by atoms with Crippen LogP contribution in [0, 0.1) is 17.8 Å². The van der Waals surface area contributed by atoms with E-state index in [1.54, 1.807) is 24.3 Å². The van der Waals surface area contributed by atoms with E-state index in [1.807, 2.05) is 0 Å². The summed E-state index contributed by atoms with van der Waals surface area (Å²) in [7, 11) is -3.66. The number of carbonyl (C=O) groups is 1. The Kier molecular flexibility index (Phi) is 5.29. The molecule has 4 unspecified atom stereocenters. The van der Waals surface area contributed by atoms with Gasteiger partial charge in [-0.15, -0.1) is 0 Å². The lowest BCUT2D eigenvalue weighted by Crippen LogP contribution is -2.40. The van der Waals surface area contributed by atoms with Gasteiger partial charge in [0.25, 0.3) is 5.91 Å². The third-order valence-electron chi connectivity index (χ3n) is 6.24. The Morgan fingerprint density at radius 1 is 1.18 bits per heavy atom. The van der Waals surface area contributed by atoms with Crippen molar-refractivity contribution >= 4 is 15.9 Å². The minimum absolute atomic E-state index is 0.0820. The fourth-order valence-corrected chi connectivity index (χ4v) is 5.74. The number of nitrogens with one attached hydrogen (secondary N) is 2. The van der Waals surface area contributed by atoms with Crippen molar-refractivity contribution in [1.29, 1.82) is 0 Å². The summed E-state index contributed by atoms with van der Waals surface area (Å²) in [4.78, 5) is 12.7. The van der Waals surface area contributed by atoms with Gasteiger partial charge in [-0.05, 0) is 80.3 Å². The molecule has 2 N–H and O–H groups in total. The number of carbonyl (C=O) groups excluding carboxylic acids is 1. The molecule has 2 aromatic rings. The summed E-state index contributed by atoms with van der Waals surface area (Å²) in [6, 6.07) is 9.58. The molecule has 2 saturated carbocycles. The molecule has 4 atom stereocenters.